The van der Waals surface area contributed by atoms with Crippen molar-refractivity contribution in [3.63, 3.8) is 0 Å². The van der Waals surface area contributed by atoms with Crippen LogP contribution in [-0.2, 0) is 9.59 Å². The summed E-state index contributed by atoms with van der Waals surface area (Å²) < 4.78 is 0. The molecule has 0 aliphatic carbocycles. The number of carbonyl (C=O) groups excluding carboxylic acids is 2. The molecule has 0 spiro atoms. The first-order chi connectivity index (χ1) is 11.1. The Morgan fingerprint density at radius 2 is 2.22 bits per heavy atom. The molecule has 2 aliphatic heterocycles. The highest BCUT2D eigenvalue weighted by Crippen LogP contribution is 2.19. The molecule has 23 heavy (non-hydrogen) atoms. The maximum absolute atomic E-state index is 12.0. The highest BCUT2D eigenvalue weighted by atomic mass is 16.2. The smallest absolute Gasteiger partial charge is 0.250 e. The summed E-state index contributed by atoms with van der Waals surface area (Å²) in [5, 5.41) is 6.07. The maximum atomic E-state index is 12.0. The summed E-state index contributed by atoms with van der Waals surface area (Å²) in [4.78, 5) is 25.5. The average molecular weight is 317 g/mol. The van der Waals surface area contributed by atoms with Crippen molar-refractivity contribution >= 4 is 11.8 Å². The summed E-state index contributed by atoms with van der Waals surface area (Å²) in [5.74, 6) is 0.625. The van der Waals surface area contributed by atoms with Crippen molar-refractivity contribution in [3.05, 3.63) is 36.0 Å². The lowest BCUT2D eigenvalue weighted by molar-refractivity contribution is -0.124. The fourth-order valence-corrected chi connectivity index (χ4v) is 2.95. The zero-order chi connectivity index (χ0) is 16.7. The number of amides is 2. The molecular weight excluding hydrogens is 290 g/mol. The van der Waals surface area contributed by atoms with Crippen LogP contribution in [0.25, 0.3) is 0 Å². The molecule has 2 amide bonds. The number of piperidine rings is 1. The van der Waals surface area contributed by atoms with Crippen LogP contribution in [-0.4, -0.2) is 49.4 Å². The van der Waals surface area contributed by atoms with E-state index < -0.39 is 0 Å². The zero-order valence-corrected chi connectivity index (χ0v) is 13.9. The predicted octanol–water partition coefficient (Wildman–Crippen LogP) is 1.39. The molecule has 2 N–H and O–H groups in total. The zero-order valence-electron chi connectivity index (χ0n) is 13.9. The van der Waals surface area contributed by atoms with Crippen molar-refractivity contribution in [2.45, 2.75) is 26.2 Å². The Bertz CT molecular complexity index is 516. The molecule has 1 fully saturated rings. The molecule has 0 aromatic rings. The van der Waals surface area contributed by atoms with Crippen molar-refractivity contribution in [1.29, 1.82) is 0 Å². The summed E-state index contributed by atoms with van der Waals surface area (Å²) in [6, 6.07) is 0. The van der Waals surface area contributed by atoms with Gasteiger partial charge in [-0.2, -0.15) is 0 Å². The van der Waals surface area contributed by atoms with Crippen LogP contribution in [0.3, 0.4) is 0 Å². The van der Waals surface area contributed by atoms with Gasteiger partial charge in [-0.25, -0.2) is 0 Å². The average Bonchev–Trinajstić information content (AvgIpc) is 2.92. The molecule has 5 heteroatoms. The van der Waals surface area contributed by atoms with Crippen LogP contribution in [0.4, 0.5) is 0 Å². The lowest BCUT2D eigenvalue weighted by atomic mass is 9.94. The fraction of sp³-hybridized carbons (Fsp3) is 0.556. The normalized spacial score (nSPS) is 19.3. The van der Waals surface area contributed by atoms with E-state index in [-0.39, 0.29) is 11.8 Å². The molecule has 0 atom stereocenters. The topological polar surface area (TPSA) is 61.4 Å². The van der Waals surface area contributed by atoms with E-state index in [0.29, 0.717) is 18.7 Å². The minimum absolute atomic E-state index is 0.0715. The first kappa shape index (κ1) is 17.5. The Balaban J connectivity index is 1.78. The first-order valence-corrected chi connectivity index (χ1v) is 8.45. The minimum Gasteiger partial charge on any atom is -0.352 e. The van der Waals surface area contributed by atoms with Crippen LogP contribution < -0.4 is 10.6 Å². The summed E-state index contributed by atoms with van der Waals surface area (Å²) in [7, 11) is 0. The second-order valence-corrected chi connectivity index (χ2v) is 6.18. The van der Waals surface area contributed by atoms with Gasteiger partial charge < -0.3 is 15.5 Å². The molecule has 2 aliphatic rings. The Morgan fingerprint density at radius 1 is 1.48 bits per heavy atom. The van der Waals surface area contributed by atoms with Crippen LogP contribution >= 0.6 is 0 Å². The predicted molar refractivity (Wildman–Crippen MR) is 91.8 cm³/mol. The van der Waals surface area contributed by atoms with E-state index in [9.17, 15) is 9.59 Å². The number of nitrogens with one attached hydrogen (secondary N) is 2. The van der Waals surface area contributed by atoms with Gasteiger partial charge >= 0.3 is 0 Å². The van der Waals surface area contributed by atoms with Gasteiger partial charge in [0.25, 0.3) is 5.91 Å². The SMILES string of the molecule is C=C(/C=C\C1=CC(=O)N(CCC2CCNCC2)C1)C(=O)NCC. The van der Waals surface area contributed by atoms with E-state index in [1.165, 1.54) is 12.8 Å². The summed E-state index contributed by atoms with van der Waals surface area (Å²) in [6.07, 6.45) is 8.64. The molecule has 0 aromatic carbocycles. The third-order valence-electron chi connectivity index (χ3n) is 4.39. The second-order valence-electron chi connectivity index (χ2n) is 6.18. The van der Waals surface area contributed by atoms with Crippen LogP contribution in [0.15, 0.2) is 36.0 Å². The third-order valence-corrected chi connectivity index (χ3v) is 4.39. The summed E-state index contributed by atoms with van der Waals surface area (Å²) in [6.45, 7) is 9.81. The monoisotopic (exact) mass is 317 g/mol. The Kier molecular flexibility index (Phi) is 6.59. The molecule has 0 radical (unpaired) electrons. The highest BCUT2D eigenvalue weighted by Gasteiger charge is 2.21. The van der Waals surface area contributed by atoms with Gasteiger partial charge in [0.1, 0.15) is 0 Å². The molecule has 0 saturated carbocycles. The van der Waals surface area contributed by atoms with Crippen LogP contribution in [0.5, 0.6) is 0 Å². The van der Waals surface area contributed by atoms with Gasteiger partial charge in [0.05, 0.1) is 0 Å². The van der Waals surface area contributed by atoms with Gasteiger partial charge in [-0.05, 0) is 56.8 Å². The minimum atomic E-state index is -0.170. The molecule has 0 unspecified atom stereocenters. The van der Waals surface area contributed by atoms with Gasteiger partial charge in [0.2, 0.25) is 5.91 Å². The highest BCUT2D eigenvalue weighted by molar-refractivity contribution is 5.96. The molecule has 126 valence electrons. The van der Waals surface area contributed by atoms with Crippen molar-refractivity contribution < 1.29 is 9.59 Å². The van der Waals surface area contributed by atoms with E-state index in [0.717, 1.165) is 37.5 Å². The first-order valence-electron chi connectivity index (χ1n) is 8.45. The molecule has 1 saturated heterocycles. The van der Waals surface area contributed by atoms with Crippen LogP contribution in [0, 0.1) is 5.92 Å². The van der Waals surface area contributed by atoms with Gasteiger partial charge in [0.15, 0.2) is 0 Å². The number of hydrogen-bond donors (Lipinski definition) is 2. The van der Waals surface area contributed by atoms with Crippen molar-refractivity contribution in [3.8, 4) is 0 Å². The van der Waals surface area contributed by atoms with Crippen molar-refractivity contribution in [2.24, 2.45) is 5.92 Å². The third kappa shape index (κ3) is 5.36. The molecule has 5 nitrogen and oxygen atoms in total. The molecule has 2 heterocycles. The summed E-state index contributed by atoms with van der Waals surface area (Å²) in [5.41, 5.74) is 1.35. The van der Waals surface area contributed by atoms with Crippen LogP contribution in [0.1, 0.15) is 26.2 Å². The largest absolute Gasteiger partial charge is 0.352 e. The van der Waals surface area contributed by atoms with Gasteiger partial charge in [-0.15, -0.1) is 0 Å². The van der Waals surface area contributed by atoms with E-state index in [4.69, 9.17) is 0 Å². The number of nitrogens with zero attached hydrogens (tertiary/aromatic N) is 1. The quantitative estimate of drug-likeness (QED) is 0.551. The lowest BCUT2D eigenvalue weighted by Crippen LogP contribution is -2.32. The van der Waals surface area contributed by atoms with E-state index >= 15 is 0 Å². The van der Waals surface area contributed by atoms with Gasteiger partial charge in [-0.1, -0.05) is 12.7 Å². The van der Waals surface area contributed by atoms with E-state index in [1.807, 2.05) is 17.9 Å². The fourth-order valence-electron chi connectivity index (χ4n) is 2.95. The Labute approximate surface area is 138 Å². The summed E-state index contributed by atoms with van der Waals surface area (Å²) >= 11 is 0. The maximum Gasteiger partial charge on any atom is 0.250 e. The number of hydrogen-bond acceptors (Lipinski definition) is 3. The standard InChI is InChI=1S/C18H27N3O2/c1-3-20-18(23)14(2)4-5-16-12-17(22)21(13-16)11-8-15-6-9-19-10-7-15/h4-5,12,15,19H,2-3,6-11,13H2,1H3,(H,20,23)/b5-4-. The Hall–Kier alpha value is -1.88. The number of rotatable bonds is 7. The molecular formula is C18H27N3O2. The molecule has 0 bridgehead atoms. The van der Waals surface area contributed by atoms with E-state index in [2.05, 4.69) is 17.2 Å². The van der Waals surface area contributed by atoms with E-state index in [1.54, 1.807) is 12.2 Å². The lowest BCUT2D eigenvalue weighted by Gasteiger charge is -2.25. The molecule has 0 aromatic heterocycles. The number of likely N-dealkylation sites (N-methyl/N-ethyl adjacent to an activating group) is 1. The van der Waals surface area contributed by atoms with Gasteiger partial charge in [-0.3, -0.25) is 9.59 Å². The van der Waals surface area contributed by atoms with Crippen molar-refractivity contribution in [2.75, 3.05) is 32.7 Å². The second kappa shape index (κ2) is 8.67. The van der Waals surface area contributed by atoms with Crippen molar-refractivity contribution in [1.82, 2.24) is 15.5 Å². The van der Waals surface area contributed by atoms with Crippen LogP contribution in [0.2, 0.25) is 0 Å². The van der Waals surface area contributed by atoms with Gasteiger partial charge in [0, 0.05) is 31.3 Å². The number of carbonyl (C=O) groups is 2. The molecule has 2 rings (SSSR count). The Morgan fingerprint density at radius 3 is 2.91 bits per heavy atom.